The maximum Gasteiger partial charge on any atom is 0.356 e. The zero-order chi connectivity index (χ0) is 14.8. The Morgan fingerprint density at radius 3 is 3.05 bits per heavy atom. The first-order valence-electron chi connectivity index (χ1n) is 6.52. The number of hydrogen-bond donors (Lipinski definition) is 1. The lowest BCUT2D eigenvalue weighted by Crippen LogP contribution is -2.23. The molecule has 3 aromatic heterocycles. The van der Waals surface area contributed by atoms with Crippen molar-refractivity contribution in [2.75, 3.05) is 11.4 Å². The van der Waals surface area contributed by atoms with E-state index in [9.17, 15) is 4.79 Å². The maximum absolute atomic E-state index is 11.1. The van der Waals surface area contributed by atoms with Crippen molar-refractivity contribution in [1.82, 2.24) is 14.4 Å². The number of carbonyl (C=O) groups is 1. The van der Waals surface area contributed by atoms with Crippen molar-refractivity contribution in [2.24, 2.45) is 0 Å². The molecule has 0 radical (unpaired) electrons. The van der Waals surface area contributed by atoms with Gasteiger partial charge in [0.15, 0.2) is 17.2 Å². The zero-order valence-corrected chi connectivity index (χ0v) is 11.4. The van der Waals surface area contributed by atoms with Gasteiger partial charge in [-0.15, -0.1) is 0 Å². The Balaban J connectivity index is 2.03. The van der Waals surface area contributed by atoms with Gasteiger partial charge in [-0.3, -0.25) is 0 Å². The van der Waals surface area contributed by atoms with Crippen LogP contribution in [0.4, 0.5) is 5.82 Å². The number of anilines is 1. The average molecular weight is 286 g/mol. The number of imidazole rings is 1. The van der Waals surface area contributed by atoms with Crippen LogP contribution in [0.15, 0.2) is 41.6 Å². The van der Waals surface area contributed by atoms with Crippen LogP contribution < -0.4 is 4.90 Å². The molecule has 7 nitrogen and oxygen atoms in total. The predicted molar refractivity (Wildman–Crippen MR) is 75.4 cm³/mol. The van der Waals surface area contributed by atoms with Crippen molar-refractivity contribution in [3.63, 3.8) is 0 Å². The lowest BCUT2D eigenvalue weighted by molar-refractivity contribution is 0.0691. The van der Waals surface area contributed by atoms with Gasteiger partial charge in [0, 0.05) is 37.2 Å². The van der Waals surface area contributed by atoms with Gasteiger partial charge in [-0.2, -0.15) is 0 Å². The fourth-order valence-corrected chi connectivity index (χ4v) is 2.17. The highest BCUT2D eigenvalue weighted by molar-refractivity contribution is 5.87. The third-order valence-corrected chi connectivity index (χ3v) is 3.21. The molecule has 0 saturated heterocycles. The molecular formula is C14H14N4O3. The monoisotopic (exact) mass is 286 g/mol. The summed E-state index contributed by atoms with van der Waals surface area (Å²) in [5, 5.41) is 9.06. The molecule has 21 heavy (non-hydrogen) atoms. The lowest BCUT2D eigenvalue weighted by Gasteiger charge is -2.21. The van der Waals surface area contributed by atoms with Crippen LogP contribution in [0.25, 0.3) is 5.65 Å². The van der Waals surface area contributed by atoms with Crippen LogP contribution in [0.1, 0.15) is 23.0 Å². The third kappa shape index (κ3) is 2.45. The molecule has 0 aliphatic carbocycles. The summed E-state index contributed by atoms with van der Waals surface area (Å²) >= 11 is 0. The topological polar surface area (TPSA) is 83.9 Å². The van der Waals surface area contributed by atoms with Crippen molar-refractivity contribution in [2.45, 2.75) is 13.5 Å². The number of carboxylic acids is 1. The molecule has 108 valence electrons. The molecule has 0 atom stereocenters. The summed E-state index contributed by atoms with van der Waals surface area (Å²) in [5.41, 5.74) is 1.55. The molecule has 7 heteroatoms. The quantitative estimate of drug-likeness (QED) is 0.772. The second kappa shape index (κ2) is 5.28. The van der Waals surface area contributed by atoms with Crippen LogP contribution in [-0.4, -0.2) is 32.0 Å². The van der Waals surface area contributed by atoms with E-state index in [0.717, 1.165) is 5.56 Å². The van der Waals surface area contributed by atoms with E-state index in [1.165, 1.54) is 6.20 Å². The van der Waals surface area contributed by atoms with Gasteiger partial charge in [-0.05, 0) is 13.0 Å². The fraction of sp³-hybridized carbons (Fsp3) is 0.214. The van der Waals surface area contributed by atoms with Gasteiger partial charge in [0.2, 0.25) is 0 Å². The number of aromatic nitrogens is 3. The largest absolute Gasteiger partial charge is 0.476 e. The minimum Gasteiger partial charge on any atom is -0.476 e. The van der Waals surface area contributed by atoms with Gasteiger partial charge in [-0.25, -0.2) is 14.8 Å². The Bertz CT molecular complexity index is 764. The molecule has 0 aliphatic heterocycles. The number of rotatable bonds is 5. The van der Waals surface area contributed by atoms with Gasteiger partial charge in [0.1, 0.15) is 0 Å². The fourth-order valence-electron chi connectivity index (χ4n) is 2.17. The molecule has 0 aliphatic rings. The Kier molecular flexibility index (Phi) is 3.31. The first kappa shape index (κ1) is 13.2. The summed E-state index contributed by atoms with van der Waals surface area (Å²) in [6.07, 6.45) is 8.10. The zero-order valence-electron chi connectivity index (χ0n) is 11.4. The highest BCUT2D eigenvalue weighted by atomic mass is 16.4. The van der Waals surface area contributed by atoms with Crippen molar-refractivity contribution in [3.8, 4) is 0 Å². The smallest absolute Gasteiger partial charge is 0.356 e. The number of furan rings is 1. The van der Waals surface area contributed by atoms with Gasteiger partial charge in [0.25, 0.3) is 0 Å². The minimum absolute atomic E-state index is 0.00335. The van der Waals surface area contributed by atoms with Crippen LogP contribution in [0.2, 0.25) is 0 Å². The van der Waals surface area contributed by atoms with Gasteiger partial charge < -0.3 is 18.8 Å². The summed E-state index contributed by atoms with van der Waals surface area (Å²) in [5.74, 6) is -0.406. The van der Waals surface area contributed by atoms with E-state index in [1.54, 1.807) is 29.3 Å². The molecule has 3 rings (SSSR count). The second-order valence-corrected chi connectivity index (χ2v) is 4.56. The molecule has 0 aromatic carbocycles. The van der Waals surface area contributed by atoms with E-state index in [4.69, 9.17) is 9.52 Å². The molecule has 0 bridgehead atoms. The predicted octanol–water partition coefficient (Wildman–Crippen LogP) is 2.05. The molecule has 0 saturated carbocycles. The van der Waals surface area contributed by atoms with E-state index in [2.05, 4.69) is 9.97 Å². The van der Waals surface area contributed by atoms with Crippen molar-refractivity contribution >= 4 is 17.4 Å². The van der Waals surface area contributed by atoms with Crippen LogP contribution in [0.5, 0.6) is 0 Å². The highest BCUT2D eigenvalue weighted by Crippen LogP contribution is 2.20. The second-order valence-electron chi connectivity index (χ2n) is 4.56. The summed E-state index contributed by atoms with van der Waals surface area (Å²) < 4.78 is 6.74. The summed E-state index contributed by atoms with van der Waals surface area (Å²) in [4.78, 5) is 21.6. The molecule has 0 fully saturated rings. The summed E-state index contributed by atoms with van der Waals surface area (Å²) in [6.45, 7) is 3.34. The number of hydrogen-bond acceptors (Lipinski definition) is 5. The van der Waals surface area contributed by atoms with Gasteiger partial charge in [0.05, 0.1) is 12.5 Å². The Morgan fingerprint density at radius 2 is 2.38 bits per heavy atom. The Hall–Kier alpha value is -2.83. The molecule has 3 aromatic rings. The molecule has 1 N–H and O–H groups in total. The van der Waals surface area contributed by atoms with E-state index in [-0.39, 0.29) is 5.69 Å². The summed E-state index contributed by atoms with van der Waals surface area (Å²) in [6, 6.07) is 1.89. The van der Waals surface area contributed by atoms with Crippen LogP contribution in [0, 0.1) is 0 Å². The lowest BCUT2D eigenvalue weighted by atomic mass is 10.3. The summed E-state index contributed by atoms with van der Waals surface area (Å²) in [7, 11) is 0. The van der Waals surface area contributed by atoms with Crippen molar-refractivity contribution < 1.29 is 14.3 Å². The highest BCUT2D eigenvalue weighted by Gasteiger charge is 2.16. The number of aromatic carboxylic acids is 1. The van der Waals surface area contributed by atoms with E-state index in [1.807, 2.05) is 17.9 Å². The van der Waals surface area contributed by atoms with Crippen molar-refractivity contribution in [3.05, 3.63) is 48.4 Å². The molecule has 0 unspecified atom stereocenters. The first-order valence-corrected chi connectivity index (χ1v) is 6.52. The van der Waals surface area contributed by atoms with E-state index in [0.29, 0.717) is 24.6 Å². The normalized spacial score (nSPS) is 10.9. The average Bonchev–Trinajstić information content (AvgIpc) is 3.13. The SMILES string of the molecule is CCN(Cc1ccoc1)c1nccn2cc(C(=O)O)nc12. The van der Waals surface area contributed by atoms with Gasteiger partial charge in [-0.1, -0.05) is 0 Å². The van der Waals surface area contributed by atoms with Crippen LogP contribution in [0.3, 0.4) is 0 Å². The Morgan fingerprint density at radius 1 is 1.52 bits per heavy atom. The van der Waals surface area contributed by atoms with E-state index >= 15 is 0 Å². The van der Waals surface area contributed by atoms with Crippen molar-refractivity contribution in [1.29, 1.82) is 0 Å². The van der Waals surface area contributed by atoms with E-state index < -0.39 is 5.97 Å². The Labute approximate surface area is 120 Å². The first-order chi connectivity index (χ1) is 10.2. The molecule has 0 amide bonds. The maximum atomic E-state index is 11.1. The van der Waals surface area contributed by atoms with Crippen LogP contribution >= 0.6 is 0 Å². The number of nitrogens with zero attached hydrogens (tertiary/aromatic N) is 4. The molecule has 3 heterocycles. The van der Waals surface area contributed by atoms with Gasteiger partial charge >= 0.3 is 5.97 Å². The molecular weight excluding hydrogens is 272 g/mol. The van der Waals surface area contributed by atoms with Crippen LogP contribution in [-0.2, 0) is 6.54 Å². The standard InChI is InChI=1S/C14H14N4O3/c1-2-17(7-10-3-6-21-9-10)12-13-16-11(14(19)20)8-18(13)5-4-15-12/h3-6,8-9H,2,7H2,1H3,(H,19,20). The number of fused-ring (bicyclic) bond motifs is 1. The third-order valence-electron chi connectivity index (χ3n) is 3.21. The minimum atomic E-state index is -1.05. The molecule has 0 spiro atoms. The number of carboxylic acid groups (broad SMARTS) is 1.